The van der Waals surface area contributed by atoms with Crippen molar-refractivity contribution in [3.05, 3.63) is 29.8 Å². The van der Waals surface area contributed by atoms with Crippen LogP contribution < -0.4 is 5.32 Å². The molecule has 2 N–H and O–H groups in total. The highest BCUT2D eigenvalue weighted by Gasteiger charge is 1.97. The summed E-state index contributed by atoms with van der Waals surface area (Å²) in [5.74, 6) is 0. The molecule has 0 aliphatic heterocycles. The average molecular weight is 193 g/mol. The molecule has 0 radical (unpaired) electrons. The number of benzene rings is 1. The SMILES string of the molecule is CCCCc1ccc(NC(=O)O)cc1. The fourth-order valence-electron chi connectivity index (χ4n) is 1.26. The number of rotatable bonds is 4. The summed E-state index contributed by atoms with van der Waals surface area (Å²) in [4.78, 5) is 10.3. The van der Waals surface area contributed by atoms with Gasteiger partial charge in [0.2, 0.25) is 0 Å². The lowest BCUT2D eigenvalue weighted by Crippen LogP contribution is -2.06. The molecular formula is C11H15NO2. The summed E-state index contributed by atoms with van der Waals surface area (Å²) in [5, 5.41) is 10.8. The molecule has 3 heteroatoms. The molecule has 76 valence electrons. The van der Waals surface area contributed by atoms with E-state index >= 15 is 0 Å². The van der Waals surface area contributed by atoms with Gasteiger partial charge in [0, 0.05) is 5.69 Å². The first-order chi connectivity index (χ1) is 6.72. The Kier molecular flexibility index (Phi) is 3.98. The zero-order chi connectivity index (χ0) is 10.4. The van der Waals surface area contributed by atoms with Gasteiger partial charge in [-0.05, 0) is 30.5 Å². The Morgan fingerprint density at radius 1 is 1.36 bits per heavy atom. The van der Waals surface area contributed by atoms with Gasteiger partial charge in [-0.3, -0.25) is 5.32 Å². The van der Waals surface area contributed by atoms with Crippen molar-refractivity contribution >= 4 is 11.8 Å². The van der Waals surface area contributed by atoms with Crippen LogP contribution in [0.2, 0.25) is 0 Å². The second kappa shape index (κ2) is 5.27. The van der Waals surface area contributed by atoms with Crippen molar-refractivity contribution in [2.24, 2.45) is 0 Å². The molecule has 0 fully saturated rings. The van der Waals surface area contributed by atoms with Crippen LogP contribution >= 0.6 is 0 Å². The van der Waals surface area contributed by atoms with Crippen molar-refractivity contribution in [2.45, 2.75) is 26.2 Å². The molecule has 0 saturated heterocycles. The lowest BCUT2D eigenvalue weighted by atomic mass is 10.1. The third kappa shape index (κ3) is 3.47. The van der Waals surface area contributed by atoms with Crippen LogP contribution in [0.25, 0.3) is 0 Å². The van der Waals surface area contributed by atoms with Crippen LogP contribution in [0.15, 0.2) is 24.3 Å². The normalized spacial score (nSPS) is 9.79. The monoisotopic (exact) mass is 193 g/mol. The summed E-state index contributed by atoms with van der Waals surface area (Å²) in [6, 6.07) is 7.50. The topological polar surface area (TPSA) is 49.3 Å². The molecule has 0 atom stereocenters. The lowest BCUT2D eigenvalue weighted by molar-refractivity contribution is 0.210. The van der Waals surface area contributed by atoms with Gasteiger partial charge in [0.15, 0.2) is 0 Å². The largest absolute Gasteiger partial charge is 0.465 e. The van der Waals surface area contributed by atoms with Gasteiger partial charge in [0.05, 0.1) is 0 Å². The number of carboxylic acid groups (broad SMARTS) is 1. The predicted molar refractivity (Wildman–Crippen MR) is 56.7 cm³/mol. The van der Waals surface area contributed by atoms with Crippen LogP contribution in [-0.4, -0.2) is 11.2 Å². The fraction of sp³-hybridized carbons (Fsp3) is 0.364. The molecule has 0 bridgehead atoms. The summed E-state index contributed by atoms with van der Waals surface area (Å²) in [7, 11) is 0. The number of carbonyl (C=O) groups is 1. The third-order valence-corrected chi connectivity index (χ3v) is 2.02. The maximum atomic E-state index is 10.3. The zero-order valence-corrected chi connectivity index (χ0v) is 8.29. The summed E-state index contributed by atoms with van der Waals surface area (Å²) in [6.45, 7) is 2.15. The van der Waals surface area contributed by atoms with E-state index < -0.39 is 6.09 Å². The summed E-state index contributed by atoms with van der Waals surface area (Å²) in [6.07, 6.45) is 2.39. The quantitative estimate of drug-likeness (QED) is 0.771. The Labute approximate surface area is 83.8 Å². The summed E-state index contributed by atoms with van der Waals surface area (Å²) in [5.41, 5.74) is 1.88. The van der Waals surface area contributed by atoms with Gasteiger partial charge >= 0.3 is 6.09 Å². The molecule has 0 saturated carbocycles. The van der Waals surface area contributed by atoms with Crippen molar-refractivity contribution in [1.29, 1.82) is 0 Å². The number of amides is 1. The third-order valence-electron chi connectivity index (χ3n) is 2.02. The number of nitrogens with one attached hydrogen (secondary N) is 1. The Hall–Kier alpha value is -1.51. The van der Waals surface area contributed by atoms with Crippen LogP contribution in [0.1, 0.15) is 25.3 Å². The van der Waals surface area contributed by atoms with E-state index in [2.05, 4.69) is 12.2 Å². The maximum Gasteiger partial charge on any atom is 0.409 e. The molecule has 14 heavy (non-hydrogen) atoms. The molecule has 1 aromatic carbocycles. The second-order valence-electron chi connectivity index (χ2n) is 3.23. The van der Waals surface area contributed by atoms with Crippen LogP contribution in [0.4, 0.5) is 10.5 Å². The van der Waals surface area contributed by atoms with E-state index in [1.165, 1.54) is 18.4 Å². The smallest absolute Gasteiger partial charge is 0.409 e. The van der Waals surface area contributed by atoms with Crippen molar-refractivity contribution in [3.63, 3.8) is 0 Å². The molecular weight excluding hydrogens is 178 g/mol. The van der Waals surface area contributed by atoms with E-state index in [0.717, 1.165) is 6.42 Å². The van der Waals surface area contributed by atoms with Gasteiger partial charge in [-0.2, -0.15) is 0 Å². The van der Waals surface area contributed by atoms with E-state index in [-0.39, 0.29) is 0 Å². The van der Waals surface area contributed by atoms with Gasteiger partial charge in [0.1, 0.15) is 0 Å². The molecule has 0 heterocycles. The minimum absolute atomic E-state index is 0.623. The first-order valence-electron chi connectivity index (χ1n) is 4.81. The van der Waals surface area contributed by atoms with Gasteiger partial charge in [-0.1, -0.05) is 25.5 Å². The van der Waals surface area contributed by atoms with Gasteiger partial charge < -0.3 is 5.11 Å². The number of unbranched alkanes of at least 4 members (excludes halogenated alkanes) is 1. The molecule has 0 aliphatic carbocycles. The molecule has 3 nitrogen and oxygen atoms in total. The molecule has 0 unspecified atom stereocenters. The number of hydrogen-bond acceptors (Lipinski definition) is 1. The molecule has 0 spiro atoms. The van der Waals surface area contributed by atoms with E-state index in [1.807, 2.05) is 12.1 Å². The fourth-order valence-corrected chi connectivity index (χ4v) is 1.26. The first-order valence-corrected chi connectivity index (χ1v) is 4.81. The van der Waals surface area contributed by atoms with E-state index in [0.29, 0.717) is 5.69 Å². The molecule has 0 aliphatic rings. The summed E-state index contributed by atoms with van der Waals surface area (Å²) < 4.78 is 0. The van der Waals surface area contributed by atoms with Gasteiger partial charge in [-0.25, -0.2) is 4.79 Å². The van der Waals surface area contributed by atoms with Gasteiger partial charge in [0.25, 0.3) is 0 Å². The molecule has 1 aromatic rings. The van der Waals surface area contributed by atoms with E-state index in [4.69, 9.17) is 5.11 Å². The molecule has 1 rings (SSSR count). The maximum absolute atomic E-state index is 10.3. The van der Waals surface area contributed by atoms with Crippen LogP contribution in [0.3, 0.4) is 0 Å². The van der Waals surface area contributed by atoms with E-state index in [1.54, 1.807) is 12.1 Å². The summed E-state index contributed by atoms with van der Waals surface area (Å²) >= 11 is 0. The highest BCUT2D eigenvalue weighted by atomic mass is 16.4. The number of hydrogen-bond donors (Lipinski definition) is 2. The van der Waals surface area contributed by atoms with Crippen LogP contribution in [-0.2, 0) is 6.42 Å². The molecule has 1 amide bonds. The van der Waals surface area contributed by atoms with E-state index in [9.17, 15) is 4.79 Å². The van der Waals surface area contributed by atoms with Crippen molar-refractivity contribution in [1.82, 2.24) is 0 Å². The van der Waals surface area contributed by atoms with Crippen molar-refractivity contribution < 1.29 is 9.90 Å². The van der Waals surface area contributed by atoms with Crippen molar-refractivity contribution in [2.75, 3.05) is 5.32 Å². The highest BCUT2D eigenvalue weighted by Crippen LogP contribution is 2.11. The first kappa shape index (κ1) is 10.6. The van der Waals surface area contributed by atoms with Crippen molar-refractivity contribution in [3.8, 4) is 0 Å². The predicted octanol–water partition coefficient (Wildman–Crippen LogP) is 3.12. The number of aryl methyl sites for hydroxylation is 1. The van der Waals surface area contributed by atoms with Gasteiger partial charge in [-0.15, -0.1) is 0 Å². The van der Waals surface area contributed by atoms with Crippen LogP contribution in [0, 0.1) is 0 Å². The molecule has 0 aromatic heterocycles. The average Bonchev–Trinajstić information content (AvgIpc) is 2.16. The lowest BCUT2D eigenvalue weighted by Gasteiger charge is -2.02. The Morgan fingerprint density at radius 3 is 2.50 bits per heavy atom. The number of anilines is 1. The second-order valence-corrected chi connectivity index (χ2v) is 3.23. The minimum atomic E-state index is -1.02. The van der Waals surface area contributed by atoms with Crippen LogP contribution in [0.5, 0.6) is 0 Å². The zero-order valence-electron chi connectivity index (χ0n) is 8.29. The Balaban J connectivity index is 2.54. The standard InChI is InChI=1S/C11H15NO2/c1-2-3-4-9-5-7-10(8-6-9)12-11(13)14/h5-8,12H,2-4H2,1H3,(H,13,14). The minimum Gasteiger partial charge on any atom is -0.465 e. The Morgan fingerprint density at radius 2 is 2.00 bits per heavy atom. The highest BCUT2D eigenvalue weighted by molar-refractivity contribution is 5.82. The Bertz CT molecular complexity index is 293.